The normalized spacial score (nSPS) is 12.2. The van der Waals surface area contributed by atoms with Gasteiger partial charge in [-0.2, -0.15) is 16.8 Å². The second-order valence-corrected chi connectivity index (χ2v) is 16.0. The van der Waals surface area contributed by atoms with Crippen LogP contribution in [0.1, 0.15) is 153 Å². The Kier molecular flexibility index (Phi) is 20.0. The van der Waals surface area contributed by atoms with Crippen LogP contribution in [0, 0.1) is 0 Å². The summed E-state index contributed by atoms with van der Waals surface area (Å²) in [6.07, 6.45) is 24.9. The quantitative estimate of drug-likeness (QED) is 0.0690. The maximum Gasteiger partial charge on any atom is 0.298 e. The molecule has 6 nitrogen and oxygen atoms in total. The van der Waals surface area contributed by atoms with E-state index >= 15 is 0 Å². The van der Waals surface area contributed by atoms with E-state index in [1.807, 2.05) is 24.3 Å². The van der Waals surface area contributed by atoms with E-state index in [-0.39, 0.29) is 9.79 Å². The van der Waals surface area contributed by atoms with Crippen LogP contribution >= 0.6 is 0 Å². The molecular weight excluding hydrogens is 617 g/mol. The molecule has 0 bridgehead atoms. The summed E-state index contributed by atoms with van der Waals surface area (Å²) in [6, 6.07) is 11.0. The Bertz CT molecular complexity index is 1320. The first-order valence-electron chi connectivity index (χ1n) is 18.1. The molecule has 0 heterocycles. The zero-order valence-corrected chi connectivity index (χ0v) is 30.9. The number of hydrogen-bond acceptors (Lipinski definition) is 6. The average Bonchev–Trinajstić information content (AvgIpc) is 3.06. The summed E-state index contributed by atoms with van der Waals surface area (Å²) in [4.78, 5) is -0.576. The smallest absolute Gasteiger partial charge is 0.270 e. The van der Waals surface area contributed by atoms with Crippen molar-refractivity contribution in [2.45, 2.75) is 165 Å². The highest BCUT2D eigenvalue weighted by Crippen LogP contribution is 2.40. The second-order valence-electron chi connectivity index (χ2n) is 12.7. The second kappa shape index (κ2) is 22.8. The van der Waals surface area contributed by atoms with Crippen molar-refractivity contribution >= 4 is 20.2 Å². The molecule has 8 heteroatoms. The highest BCUT2D eigenvalue weighted by Gasteiger charge is 2.35. The van der Waals surface area contributed by atoms with Crippen molar-refractivity contribution < 1.29 is 25.2 Å². The monoisotopic (exact) mass is 678 g/mol. The molecule has 0 N–H and O–H groups in total. The van der Waals surface area contributed by atoms with E-state index in [0.717, 1.165) is 64.7 Å². The predicted octanol–water partition coefficient (Wildman–Crippen LogP) is 11.0. The van der Waals surface area contributed by atoms with Crippen LogP contribution in [0.25, 0.3) is 11.1 Å². The Labute approximate surface area is 282 Å². The summed E-state index contributed by atoms with van der Waals surface area (Å²) < 4.78 is 64.3. The van der Waals surface area contributed by atoms with Crippen molar-refractivity contribution in [2.75, 3.05) is 14.2 Å². The third-order valence-corrected chi connectivity index (χ3v) is 11.9. The highest BCUT2D eigenvalue weighted by molar-refractivity contribution is 7.90. The van der Waals surface area contributed by atoms with Crippen LogP contribution in [0.3, 0.4) is 0 Å². The number of benzene rings is 2. The molecule has 0 unspecified atom stereocenters. The van der Waals surface area contributed by atoms with Crippen molar-refractivity contribution in [2.24, 2.45) is 0 Å². The fourth-order valence-electron chi connectivity index (χ4n) is 6.33. The first kappa shape index (κ1) is 40.4. The van der Waals surface area contributed by atoms with Gasteiger partial charge >= 0.3 is 0 Å². The van der Waals surface area contributed by atoms with Crippen LogP contribution in [0.15, 0.2) is 46.2 Å². The fraction of sp³-hybridized carbons (Fsp3) is 0.684. The molecule has 0 atom stereocenters. The van der Waals surface area contributed by atoms with Crippen LogP contribution in [0.5, 0.6) is 0 Å². The number of unbranched alkanes of at least 4 members (excludes halogenated alkanes) is 18. The summed E-state index contributed by atoms with van der Waals surface area (Å²) in [7, 11) is -6.60. The Morgan fingerprint density at radius 1 is 0.500 bits per heavy atom. The SMILES string of the molecule is CCCCCCCCCCCCc1cc(-c2ccccc2)c(S(=O)(=O)OC)c(S(=O)(=O)OC)c1CCCCCCCCCCCC. The molecule has 0 aliphatic rings. The van der Waals surface area contributed by atoms with Gasteiger partial charge in [-0.15, -0.1) is 0 Å². The first-order chi connectivity index (χ1) is 22.2. The summed E-state index contributed by atoms with van der Waals surface area (Å²) in [5.41, 5.74) is 2.42. The lowest BCUT2D eigenvalue weighted by Gasteiger charge is -2.22. The van der Waals surface area contributed by atoms with Crippen molar-refractivity contribution in [1.82, 2.24) is 0 Å². The molecule has 0 spiro atoms. The van der Waals surface area contributed by atoms with Crippen molar-refractivity contribution in [1.29, 1.82) is 0 Å². The molecule has 0 saturated heterocycles. The molecule has 0 amide bonds. The van der Waals surface area contributed by atoms with E-state index in [1.54, 1.807) is 12.1 Å². The Balaban J connectivity index is 2.35. The van der Waals surface area contributed by atoms with Gasteiger partial charge < -0.3 is 0 Å². The van der Waals surface area contributed by atoms with Gasteiger partial charge in [-0.1, -0.05) is 160 Å². The molecule has 0 aliphatic carbocycles. The maximum atomic E-state index is 13.6. The minimum Gasteiger partial charge on any atom is -0.270 e. The van der Waals surface area contributed by atoms with Gasteiger partial charge in [0.25, 0.3) is 20.2 Å². The molecular formula is C38H62O6S2. The van der Waals surface area contributed by atoms with E-state index in [1.165, 1.54) is 83.5 Å². The van der Waals surface area contributed by atoms with E-state index in [2.05, 4.69) is 13.8 Å². The van der Waals surface area contributed by atoms with Crippen molar-refractivity contribution in [3.8, 4) is 11.1 Å². The molecule has 2 rings (SSSR count). The van der Waals surface area contributed by atoms with Gasteiger partial charge in [-0.25, -0.2) is 0 Å². The average molecular weight is 679 g/mol. The molecule has 0 radical (unpaired) electrons. The van der Waals surface area contributed by atoms with Crippen molar-refractivity contribution in [3.63, 3.8) is 0 Å². The zero-order chi connectivity index (χ0) is 33.7. The lowest BCUT2D eigenvalue weighted by atomic mass is 9.92. The van der Waals surface area contributed by atoms with Crippen LogP contribution in [0.2, 0.25) is 0 Å². The summed E-state index contributed by atoms with van der Waals surface area (Å²) in [6.45, 7) is 4.47. The van der Waals surface area contributed by atoms with E-state index in [0.29, 0.717) is 29.5 Å². The van der Waals surface area contributed by atoms with Crippen molar-refractivity contribution in [3.05, 3.63) is 47.5 Å². The van der Waals surface area contributed by atoms with Gasteiger partial charge in [-0.3, -0.25) is 8.37 Å². The van der Waals surface area contributed by atoms with Gasteiger partial charge in [0.05, 0.1) is 14.2 Å². The molecule has 262 valence electrons. The van der Waals surface area contributed by atoms with Gasteiger partial charge in [0.2, 0.25) is 0 Å². The van der Waals surface area contributed by atoms with Crippen LogP contribution in [0.4, 0.5) is 0 Å². The third kappa shape index (κ3) is 13.8. The molecule has 0 aliphatic heterocycles. The lowest BCUT2D eigenvalue weighted by Crippen LogP contribution is -2.18. The zero-order valence-electron chi connectivity index (χ0n) is 29.3. The molecule has 2 aromatic rings. The highest BCUT2D eigenvalue weighted by atomic mass is 32.2. The van der Waals surface area contributed by atoms with Gasteiger partial charge in [0.15, 0.2) is 0 Å². The predicted molar refractivity (Wildman–Crippen MR) is 191 cm³/mol. The van der Waals surface area contributed by atoms with Gasteiger partial charge in [0.1, 0.15) is 9.79 Å². The summed E-state index contributed by atoms with van der Waals surface area (Å²) in [5.74, 6) is 0. The Hall–Kier alpha value is -1.74. The minimum atomic E-state index is -4.40. The molecule has 2 aromatic carbocycles. The molecule has 0 fully saturated rings. The first-order valence-corrected chi connectivity index (χ1v) is 20.9. The Morgan fingerprint density at radius 3 is 1.33 bits per heavy atom. The fourth-order valence-corrected chi connectivity index (χ4v) is 8.95. The van der Waals surface area contributed by atoms with Crippen LogP contribution < -0.4 is 0 Å². The van der Waals surface area contributed by atoms with Crippen LogP contribution in [-0.2, 0) is 41.4 Å². The minimum absolute atomic E-state index is 0.254. The topological polar surface area (TPSA) is 86.7 Å². The maximum absolute atomic E-state index is 13.6. The number of rotatable bonds is 27. The lowest BCUT2D eigenvalue weighted by molar-refractivity contribution is 0.385. The number of aryl methyl sites for hydroxylation is 1. The van der Waals surface area contributed by atoms with Gasteiger partial charge in [0, 0.05) is 5.56 Å². The molecule has 46 heavy (non-hydrogen) atoms. The third-order valence-electron chi connectivity index (χ3n) is 9.03. The summed E-state index contributed by atoms with van der Waals surface area (Å²) in [5, 5.41) is 0. The van der Waals surface area contributed by atoms with E-state index < -0.39 is 20.2 Å². The molecule has 0 aromatic heterocycles. The molecule has 0 saturated carbocycles. The summed E-state index contributed by atoms with van der Waals surface area (Å²) >= 11 is 0. The van der Waals surface area contributed by atoms with E-state index in [9.17, 15) is 16.8 Å². The largest absolute Gasteiger partial charge is 0.298 e. The van der Waals surface area contributed by atoms with Gasteiger partial charge in [-0.05, 0) is 48.4 Å². The van der Waals surface area contributed by atoms with E-state index in [4.69, 9.17) is 8.37 Å². The Morgan fingerprint density at radius 2 is 0.891 bits per heavy atom. The standard InChI is InChI=1S/C38H62O6S2/c1-5-7-9-11-13-15-17-19-21-24-30-34-32-36(33-28-25-23-26-29-33)38(46(41,42)44-4)37(45(39,40)43-3)35(34)31-27-22-20-18-16-14-12-10-8-6-2/h23,25-26,28-29,32H,5-22,24,27,30-31H2,1-4H3. The van der Waals surface area contributed by atoms with Crippen LogP contribution in [-0.4, -0.2) is 31.1 Å². The number of hydrogen-bond donors (Lipinski definition) is 0.